The summed E-state index contributed by atoms with van der Waals surface area (Å²) < 4.78 is 11.1. The first-order valence-electron chi connectivity index (χ1n) is 10.9. The van der Waals surface area contributed by atoms with Gasteiger partial charge < -0.3 is 25.4 Å². The van der Waals surface area contributed by atoms with Gasteiger partial charge >= 0.3 is 6.03 Å². The van der Waals surface area contributed by atoms with E-state index in [9.17, 15) is 9.59 Å². The van der Waals surface area contributed by atoms with Gasteiger partial charge in [0, 0.05) is 24.7 Å². The first-order valence-corrected chi connectivity index (χ1v) is 10.9. The van der Waals surface area contributed by atoms with E-state index in [1.807, 2.05) is 24.3 Å². The Kier molecular flexibility index (Phi) is 8.58. The van der Waals surface area contributed by atoms with Crippen molar-refractivity contribution in [2.24, 2.45) is 0 Å². The summed E-state index contributed by atoms with van der Waals surface area (Å²) in [6.07, 6.45) is 6.64. The molecule has 0 radical (unpaired) electrons. The number of hydrogen-bond acceptors (Lipinski definition) is 4. The lowest BCUT2D eigenvalue weighted by Gasteiger charge is -2.22. The molecule has 3 rings (SSSR count). The van der Waals surface area contributed by atoms with Gasteiger partial charge in [0.25, 0.3) is 0 Å². The number of rotatable bonds is 9. The number of amides is 3. The molecule has 3 N–H and O–H groups in total. The second-order valence-corrected chi connectivity index (χ2v) is 7.66. The molecule has 0 aromatic heterocycles. The van der Waals surface area contributed by atoms with Gasteiger partial charge in [0.2, 0.25) is 5.91 Å². The molecule has 7 nitrogen and oxygen atoms in total. The average Bonchev–Trinajstić information content (AvgIpc) is 2.79. The minimum absolute atomic E-state index is 0.0899. The number of carbonyl (C=O) groups excluding carboxylic acids is 2. The topological polar surface area (TPSA) is 88.7 Å². The minimum atomic E-state index is -0.141. The number of nitrogens with one attached hydrogen (secondary N) is 3. The van der Waals surface area contributed by atoms with Gasteiger partial charge in [-0.15, -0.1) is 0 Å². The van der Waals surface area contributed by atoms with Gasteiger partial charge in [-0.25, -0.2) is 4.79 Å². The predicted molar refractivity (Wildman–Crippen MR) is 121 cm³/mol. The summed E-state index contributed by atoms with van der Waals surface area (Å²) in [6.45, 7) is 0.470. The molecule has 0 spiro atoms. The molecule has 1 fully saturated rings. The van der Waals surface area contributed by atoms with E-state index < -0.39 is 0 Å². The van der Waals surface area contributed by atoms with Crippen LogP contribution >= 0.6 is 0 Å². The summed E-state index contributed by atoms with van der Waals surface area (Å²) in [6, 6.07) is 14.7. The van der Waals surface area contributed by atoms with Crippen LogP contribution < -0.4 is 25.4 Å². The van der Waals surface area contributed by atoms with Crippen molar-refractivity contribution in [3.05, 3.63) is 48.5 Å². The van der Waals surface area contributed by atoms with Crippen LogP contribution in [0.25, 0.3) is 0 Å². The molecule has 2 aromatic carbocycles. The third-order valence-electron chi connectivity index (χ3n) is 5.24. The van der Waals surface area contributed by atoms with Crippen molar-refractivity contribution in [2.75, 3.05) is 19.0 Å². The molecule has 31 heavy (non-hydrogen) atoms. The maximum atomic E-state index is 12.1. The Morgan fingerprint density at radius 1 is 0.968 bits per heavy atom. The van der Waals surface area contributed by atoms with Crippen molar-refractivity contribution >= 4 is 17.6 Å². The number of hydrogen-bond donors (Lipinski definition) is 3. The summed E-state index contributed by atoms with van der Waals surface area (Å²) in [5, 5.41) is 8.70. The highest BCUT2D eigenvalue weighted by atomic mass is 16.5. The fourth-order valence-electron chi connectivity index (χ4n) is 3.59. The SMILES string of the molecule is COc1ccccc1Oc1ccc(NC(=O)CCCNC(=O)NC2CCCCC2)cc1. The van der Waals surface area contributed by atoms with E-state index in [0.29, 0.717) is 42.3 Å². The van der Waals surface area contributed by atoms with Crippen LogP contribution in [0.1, 0.15) is 44.9 Å². The summed E-state index contributed by atoms with van der Waals surface area (Å²) in [7, 11) is 1.60. The molecule has 1 saturated carbocycles. The van der Waals surface area contributed by atoms with Crippen LogP contribution in [0.15, 0.2) is 48.5 Å². The zero-order valence-corrected chi connectivity index (χ0v) is 18.0. The lowest BCUT2D eigenvalue weighted by Crippen LogP contribution is -2.43. The van der Waals surface area contributed by atoms with Crippen LogP contribution in [0.2, 0.25) is 0 Å². The molecular weight excluding hydrogens is 394 g/mol. The molecule has 0 aliphatic heterocycles. The van der Waals surface area contributed by atoms with E-state index >= 15 is 0 Å². The molecule has 3 amide bonds. The number of ether oxygens (including phenoxy) is 2. The largest absolute Gasteiger partial charge is 0.493 e. The third kappa shape index (κ3) is 7.51. The maximum Gasteiger partial charge on any atom is 0.315 e. The molecule has 2 aromatic rings. The van der Waals surface area contributed by atoms with Crippen LogP contribution in [-0.2, 0) is 4.79 Å². The minimum Gasteiger partial charge on any atom is -0.493 e. The fourth-order valence-corrected chi connectivity index (χ4v) is 3.59. The first-order chi connectivity index (χ1) is 15.1. The Balaban J connectivity index is 1.35. The van der Waals surface area contributed by atoms with E-state index in [1.54, 1.807) is 31.4 Å². The number of methoxy groups -OCH3 is 1. The molecule has 0 unspecified atom stereocenters. The number of anilines is 1. The molecule has 1 aliphatic carbocycles. The van der Waals surface area contributed by atoms with Gasteiger partial charge in [-0.3, -0.25) is 4.79 Å². The smallest absolute Gasteiger partial charge is 0.315 e. The highest BCUT2D eigenvalue weighted by Gasteiger charge is 2.15. The maximum absolute atomic E-state index is 12.1. The Morgan fingerprint density at radius 2 is 1.68 bits per heavy atom. The number of urea groups is 1. The lowest BCUT2D eigenvalue weighted by atomic mass is 9.96. The molecule has 0 heterocycles. The quantitative estimate of drug-likeness (QED) is 0.502. The standard InChI is InChI=1S/C24H31N3O4/c1-30-21-10-5-6-11-22(21)31-20-15-13-19(14-16-20)26-23(28)12-7-17-25-24(29)27-18-8-3-2-4-9-18/h5-6,10-11,13-16,18H,2-4,7-9,12,17H2,1H3,(H,26,28)(H2,25,27,29). The first kappa shape index (κ1) is 22.5. The molecule has 0 bridgehead atoms. The number of benzene rings is 2. The average molecular weight is 426 g/mol. The van der Waals surface area contributed by atoms with E-state index in [1.165, 1.54) is 19.3 Å². The van der Waals surface area contributed by atoms with E-state index in [2.05, 4.69) is 16.0 Å². The van der Waals surface area contributed by atoms with Crippen molar-refractivity contribution in [3.8, 4) is 17.2 Å². The molecule has 0 atom stereocenters. The lowest BCUT2D eigenvalue weighted by molar-refractivity contribution is -0.116. The van der Waals surface area contributed by atoms with Gasteiger partial charge in [0.05, 0.1) is 7.11 Å². The highest BCUT2D eigenvalue weighted by molar-refractivity contribution is 5.90. The van der Waals surface area contributed by atoms with Crippen LogP contribution in [-0.4, -0.2) is 31.6 Å². The normalized spacial score (nSPS) is 13.8. The van der Waals surface area contributed by atoms with Crippen molar-refractivity contribution < 1.29 is 19.1 Å². The third-order valence-corrected chi connectivity index (χ3v) is 5.24. The Bertz CT molecular complexity index is 848. The van der Waals surface area contributed by atoms with Crippen LogP contribution in [0, 0.1) is 0 Å². The van der Waals surface area contributed by atoms with Crippen molar-refractivity contribution in [3.63, 3.8) is 0 Å². The second-order valence-electron chi connectivity index (χ2n) is 7.66. The Morgan fingerprint density at radius 3 is 2.39 bits per heavy atom. The van der Waals surface area contributed by atoms with Gasteiger partial charge in [0.1, 0.15) is 5.75 Å². The number of para-hydroxylation sites is 2. The zero-order chi connectivity index (χ0) is 21.9. The van der Waals surface area contributed by atoms with Gasteiger partial charge in [-0.2, -0.15) is 0 Å². The number of carbonyl (C=O) groups is 2. The van der Waals surface area contributed by atoms with Crippen molar-refractivity contribution in [2.45, 2.75) is 51.0 Å². The van der Waals surface area contributed by atoms with Gasteiger partial charge in [-0.1, -0.05) is 31.4 Å². The second kappa shape index (κ2) is 11.8. The molecule has 166 valence electrons. The Hall–Kier alpha value is -3.22. The summed E-state index contributed by atoms with van der Waals surface area (Å²) in [5.74, 6) is 1.84. The van der Waals surface area contributed by atoms with Crippen LogP contribution in [0.3, 0.4) is 0 Å². The molecule has 1 aliphatic rings. The van der Waals surface area contributed by atoms with E-state index in [0.717, 1.165) is 12.8 Å². The summed E-state index contributed by atoms with van der Waals surface area (Å²) >= 11 is 0. The summed E-state index contributed by atoms with van der Waals surface area (Å²) in [5.41, 5.74) is 0.695. The van der Waals surface area contributed by atoms with Gasteiger partial charge in [0.15, 0.2) is 11.5 Å². The van der Waals surface area contributed by atoms with E-state index in [4.69, 9.17) is 9.47 Å². The van der Waals surface area contributed by atoms with Crippen LogP contribution in [0.4, 0.5) is 10.5 Å². The fraction of sp³-hybridized carbons (Fsp3) is 0.417. The van der Waals surface area contributed by atoms with Crippen molar-refractivity contribution in [1.29, 1.82) is 0 Å². The summed E-state index contributed by atoms with van der Waals surface area (Å²) in [4.78, 5) is 24.1. The molecular formula is C24H31N3O4. The monoisotopic (exact) mass is 425 g/mol. The zero-order valence-electron chi connectivity index (χ0n) is 18.0. The van der Waals surface area contributed by atoms with Crippen molar-refractivity contribution in [1.82, 2.24) is 10.6 Å². The van der Waals surface area contributed by atoms with E-state index in [-0.39, 0.29) is 18.0 Å². The van der Waals surface area contributed by atoms with Crippen LogP contribution in [0.5, 0.6) is 17.2 Å². The predicted octanol–water partition coefficient (Wildman–Crippen LogP) is 4.84. The Labute approximate surface area is 183 Å². The molecule has 7 heteroatoms. The van der Waals surface area contributed by atoms with Gasteiger partial charge in [-0.05, 0) is 55.7 Å². The highest BCUT2D eigenvalue weighted by Crippen LogP contribution is 2.31. The molecule has 0 saturated heterocycles.